The predicted molar refractivity (Wildman–Crippen MR) is 56.9 cm³/mol. The Morgan fingerprint density at radius 1 is 1.46 bits per heavy atom. The maximum atomic E-state index is 8.16. The van der Waals surface area contributed by atoms with Crippen molar-refractivity contribution in [1.82, 2.24) is 5.32 Å². The van der Waals surface area contributed by atoms with Crippen LogP contribution in [0.1, 0.15) is 0 Å². The molecule has 74 valence electrons. The summed E-state index contributed by atoms with van der Waals surface area (Å²) < 4.78 is 5.32. The summed E-state index contributed by atoms with van der Waals surface area (Å²) in [6.45, 7) is 8.25. The monoisotopic (exact) mass is 198 g/mol. The highest BCUT2D eigenvalue weighted by Crippen LogP contribution is 2.06. The van der Waals surface area contributed by atoms with Crippen molar-refractivity contribution in [3.8, 4) is 6.07 Å². The van der Waals surface area contributed by atoms with Gasteiger partial charge in [-0.25, -0.2) is 0 Å². The molecule has 13 heavy (non-hydrogen) atoms. The molecule has 0 unspecified atom stereocenters. The predicted octanol–water partition coefficient (Wildman–Crippen LogP) is 1.93. The molecule has 0 saturated carbocycles. The summed E-state index contributed by atoms with van der Waals surface area (Å²) in [4.78, 5) is 0. The van der Waals surface area contributed by atoms with Crippen LogP contribution < -0.4 is 5.32 Å². The first-order valence-electron chi connectivity index (χ1n) is 4.42. The molecule has 0 rings (SSSR count). The van der Waals surface area contributed by atoms with Gasteiger partial charge in [0.15, 0.2) is 0 Å². The van der Waals surface area contributed by atoms with Gasteiger partial charge in [-0.3, -0.25) is 0 Å². The van der Waals surface area contributed by atoms with Crippen LogP contribution in [0.3, 0.4) is 0 Å². The van der Waals surface area contributed by atoms with E-state index in [-0.39, 0.29) is 0 Å². The highest BCUT2D eigenvalue weighted by atomic mass is 28.3. The number of rotatable bonds is 6. The molecule has 0 aromatic rings. The van der Waals surface area contributed by atoms with Gasteiger partial charge in [-0.1, -0.05) is 19.6 Å². The highest BCUT2D eigenvalue weighted by molar-refractivity contribution is 6.76. The first-order chi connectivity index (χ1) is 6.06. The van der Waals surface area contributed by atoms with Crippen molar-refractivity contribution in [3.05, 3.63) is 12.3 Å². The average molecular weight is 198 g/mol. The van der Waals surface area contributed by atoms with Gasteiger partial charge >= 0.3 is 0 Å². The van der Waals surface area contributed by atoms with Crippen molar-refractivity contribution in [2.75, 3.05) is 13.3 Å². The Balaban J connectivity index is 3.19. The molecule has 0 fully saturated rings. The van der Waals surface area contributed by atoms with Gasteiger partial charge in [0.05, 0.1) is 6.07 Å². The zero-order chi connectivity index (χ0) is 10.2. The molecular weight excluding hydrogens is 180 g/mol. The zero-order valence-corrected chi connectivity index (χ0v) is 9.63. The molecule has 0 saturated heterocycles. The number of hydrogen-bond acceptors (Lipinski definition) is 3. The van der Waals surface area contributed by atoms with E-state index in [1.807, 2.05) is 6.07 Å². The van der Waals surface area contributed by atoms with E-state index in [4.69, 9.17) is 10.00 Å². The normalized spacial score (nSPS) is 11.5. The molecule has 0 bridgehead atoms. The number of nitrogens with zero attached hydrogens (tertiary/aromatic N) is 1. The van der Waals surface area contributed by atoms with Gasteiger partial charge < -0.3 is 10.1 Å². The van der Waals surface area contributed by atoms with Gasteiger partial charge in [0, 0.05) is 27.0 Å². The van der Waals surface area contributed by atoms with Crippen LogP contribution in [0.4, 0.5) is 0 Å². The second kappa shape index (κ2) is 6.69. The van der Waals surface area contributed by atoms with Gasteiger partial charge in [0.1, 0.15) is 6.73 Å². The second-order valence-corrected chi connectivity index (χ2v) is 9.65. The molecule has 3 nitrogen and oxygen atoms in total. The summed E-state index contributed by atoms with van der Waals surface area (Å²) in [5.41, 5.74) is 0. The van der Waals surface area contributed by atoms with Crippen LogP contribution in [0.2, 0.25) is 25.7 Å². The van der Waals surface area contributed by atoms with E-state index in [2.05, 4.69) is 25.0 Å². The maximum Gasteiger partial charge on any atom is 0.116 e. The molecule has 0 radical (unpaired) electrons. The molecule has 0 amide bonds. The van der Waals surface area contributed by atoms with Crippen LogP contribution in [-0.2, 0) is 4.74 Å². The summed E-state index contributed by atoms with van der Waals surface area (Å²) in [5, 5.41) is 11.0. The molecule has 0 aromatic heterocycles. The van der Waals surface area contributed by atoms with E-state index in [1.54, 1.807) is 6.20 Å². The van der Waals surface area contributed by atoms with Gasteiger partial charge in [-0.2, -0.15) is 5.26 Å². The third-order valence-electron chi connectivity index (χ3n) is 1.46. The van der Waals surface area contributed by atoms with Crippen LogP contribution in [0.15, 0.2) is 12.3 Å². The number of ether oxygens (including phenoxy) is 1. The molecule has 0 atom stereocenters. The van der Waals surface area contributed by atoms with Crippen LogP contribution in [0, 0.1) is 11.3 Å². The summed E-state index contributed by atoms with van der Waals surface area (Å²) >= 11 is 0. The lowest BCUT2D eigenvalue weighted by Gasteiger charge is -2.15. The SMILES string of the molecule is C[Si](C)(C)CCOCN/C=C/C#N. The van der Waals surface area contributed by atoms with Crippen molar-refractivity contribution in [2.24, 2.45) is 0 Å². The molecular formula is C9H18N2OSi. The lowest BCUT2D eigenvalue weighted by molar-refractivity contribution is 0.137. The summed E-state index contributed by atoms with van der Waals surface area (Å²) in [7, 11) is -0.956. The maximum absolute atomic E-state index is 8.16. The van der Waals surface area contributed by atoms with Crippen molar-refractivity contribution >= 4 is 8.07 Å². The Morgan fingerprint density at radius 2 is 2.15 bits per heavy atom. The van der Waals surface area contributed by atoms with E-state index in [1.165, 1.54) is 12.1 Å². The standard InChI is InChI=1S/C9H18N2OSi/c1-13(2,3)8-7-12-9-11-6-4-5-10/h4,6,11H,7-9H2,1-3H3/b6-4+. The quantitative estimate of drug-likeness (QED) is 0.307. The van der Waals surface area contributed by atoms with E-state index in [0.29, 0.717) is 6.73 Å². The van der Waals surface area contributed by atoms with E-state index >= 15 is 0 Å². The second-order valence-electron chi connectivity index (χ2n) is 4.03. The van der Waals surface area contributed by atoms with Crippen LogP contribution in [0.5, 0.6) is 0 Å². The van der Waals surface area contributed by atoms with Crippen molar-refractivity contribution in [1.29, 1.82) is 5.26 Å². The Morgan fingerprint density at radius 3 is 2.69 bits per heavy atom. The van der Waals surface area contributed by atoms with Crippen LogP contribution >= 0.6 is 0 Å². The Bertz CT molecular complexity index is 191. The lowest BCUT2D eigenvalue weighted by Crippen LogP contribution is -2.23. The molecule has 1 N–H and O–H groups in total. The Kier molecular flexibility index (Phi) is 6.29. The number of hydrogen-bond donors (Lipinski definition) is 1. The fraction of sp³-hybridized carbons (Fsp3) is 0.667. The third kappa shape index (κ3) is 11.2. The van der Waals surface area contributed by atoms with Gasteiger partial charge in [-0.15, -0.1) is 0 Å². The third-order valence-corrected chi connectivity index (χ3v) is 3.16. The van der Waals surface area contributed by atoms with E-state index in [9.17, 15) is 0 Å². The molecule has 0 spiro atoms. The first kappa shape index (κ1) is 12.2. The summed E-state index contributed by atoms with van der Waals surface area (Å²) in [6.07, 6.45) is 2.98. The number of allylic oxidation sites excluding steroid dienone is 1. The van der Waals surface area contributed by atoms with Gasteiger partial charge in [0.25, 0.3) is 0 Å². The topological polar surface area (TPSA) is 45.0 Å². The summed E-state index contributed by atoms with van der Waals surface area (Å²) in [5.74, 6) is 0. The molecule has 0 heterocycles. The Hall–Kier alpha value is -0.793. The number of nitriles is 1. The van der Waals surface area contributed by atoms with E-state index in [0.717, 1.165) is 6.61 Å². The smallest absolute Gasteiger partial charge is 0.116 e. The van der Waals surface area contributed by atoms with Crippen molar-refractivity contribution in [3.63, 3.8) is 0 Å². The highest BCUT2D eigenvalue weighted by Gasteiger charge is 2.11. The van der Waals surface area contributed by atoms with Crippen molar-refractivity contribution in [2.45, 2.75) is 25.7 Å². The molecule has 0 aliphatic carbocycles. The fourth-order valence-corrected chi connectivity index (χ4v) is 1.41. The minimum absolute atomic E-state index is 0.489. The van der Waals surface area contributed by atoms with Gasteiger partial charge in [0.2, 0.25) is 0 Å². The first-order valence-corrected chi connectivity index (χ1v) is 8.13. The molecule has 0 aromatic carbocycles. The van der Waals surface area contributed by atoms with Crippen molar-refractivity contribution < 1.29 is 4.74 Å². The molecule has 0 aliphatic rings. The molecule has 4 heteroatoms. The minimum atomic E-state index is -0.956. The summed E-state index contributed by atoms with van der Waals surface area (Å²) in [6, 6.07) is 3.07. The minimum Gasteiger partial charge on any atom is -0.368 e. The zero-order valence-electron chi connectivity index (χ0n) is 8.63. The number of nitrogens with one attached hydrogen (secondary N) is 1. The largest absolute Gasteiger partial charge is 0.368 e. The average Bonchev–Trinajstić information content (AvgIpc) is 2.01. The van der Waals surface area contributed by atoms with Gasteiger partial charge in [-0.05, 0) is 6.04 Å². The lowest BCUT2D eigenvalue weighted by atomic mass is 10.7. The Labute approximate surface area is 81.4 Å². The van der Waals surface area contributed by atoms with Crippen LogP contribution in [-0.4, -0.2) is 21.4 Å². The fourth-order valence-electron chi connectivity index (χ4n) is 0.654. The molecule has 0 aliphatic heterocycles. The van der Waals surface area contributed by atoms with Crippen LogP contribution in [0.25, 0.3) is 0 Å². The van der Waals surface area contributed by atoms with E-state index < -0.39 is 8.07 Å².